The van der Waals surface area contributed by atoms with Gasteiger partial charge in [-0.1, -0.05) is 6.42 Å². The average molecular weight is 348 g/mol. The summed E-state index contributed by atoms with van der Waals surface area (Å²) in [5.74, 6) is 1.23. The third kappa shape index (κ3) is 3.97. The molecule has 19 heavy (non-hydrogen) atoms. The Morgan fingerprint density at radius 2 is 2.42 bits per heavy atom. The minimum absolute atomic E-state index is 0.0924. The Morgan fingerprint density at radius 3 is 3.11 bits per heavy atom. The second-order valence-corrected chi connectivity index (χ2v) is 6.69. The lowest BCUT2D eigenvalue weighted by Gasteiger charge is -2.22. The fourth-order valence-electron chi connectivity index (χ4n) is 2.03. The molecule has 1 aromatic rings. The van der Waals surface area contributed by atoms with Crippen molar-refractivity contribution in [1.29, 1.82) is 0 Å². The number of aliphatic hydroxyl groups is 1. The van der Waals surface area contributed by atoms with E-state index in [0.29, 0.717) is 9.72 Å². The molecule has 1 saturated heterocycles. The van der Waals surface area contributed by atoms with Gasteiger partial charge in [-0.25, -0.2) is 4.68 Å². The van der Waals surface area contributed by atoms with Gasteiger partial charge in [0.2, 0.25) is 0 Å². The quantitative estimate of drug-likeness (QED) is 0.848. The van der Waals surface area contributed by atoms with Crippen LogP contribution in [-0.4, -0.2) is 39.0 Å². The molecule has 1 unspecified atom stereocenters. The molecule has 0 radical (unpaired) electrons. The maximum absolute atomic E-state index is 11.9. The highest BCUT2D eigenvalue weighted by molar-refractivity contribution is 9.10. The molecule has 2 N–H and O–H groups in total. The van der Waals surface area contributed by atoms with Gasteiger partial charge in [0.05, 0.1) is 25.0 Å². The van der Waals surface area contributed by atoms with Crippen molar-refractivity contribution < 1.29 is 5.11 Å². The van der Waals surface area contributed by atoms with E-state index in [1.54, 1.807) is 6.20 Å². The van der Waals surface area contributed by atoms with Gasteiger partial charge in [0.25, 0.3) is 5.56 Å². The van der Waals surface area contributed by atoms with E-state index in [4.69, 9.17) is 5.11 Å². The average Bonchev–Trinajstić information content (AvgIpc) is 2.44. The van der Waals surface area contributed by atoms with E-state index in [1.807, 2.05) is 11.8 Å². The summed E-state index contributed by atoms with van der Waals surface area (Å²) in [6.45, 7) is 0.982. The first kappa shape index (κ1) is 14.9. The van der Waals surface area contributed by atoms with Crippen LogP contribution in [0.1, 0.15) is 19.3 Å². The minimum atomic E-state index is -0.213. The lowest BCUT2D eigenvalue weighted by atomic mass is 10.2. The summed E-state index contributed by atoms with van der Waals surface area (Å²) in [5.41, 5.74) is 0.515. The molecule has 1 aliphatic heterocycles. The van der Waals surface area contributed by atoms with Gasteiger partial charge in [0.1, 0.15) is 4.47 Å². The number of aromatic nitrogens is 2. The summed E-state index contributed by atoms with van der Waals surface area (Å²) >= 11 is 5.29. The molecule has 0 amide bonds. The predicted molar refractivity (Wildman–Crippen MR) is 81.9 cm³/mol. The molecule has 2 rings (SSSR count). The highest BCUT2D eigenvalue weighted by atomic mass is 79.9. The zero-order chi connectivity index (χ0) is 13.7. The van der Waals surface area contributed by atoms with Crippen molar-refractivity contribution in [3.8, 4) is 0 Å². The first-order valence-corrected chi connectivity index (χ1v) is 8.28. The summed E-state index contributed by atoms with van der Waals surface area (Å²) < 4.78 is 1.74. The van der Waals surface area contributed by atoms with Gasteiger partial charge in [-0.3, -0.25) is 4.79 Å². The third-order valence-electron chi connectivity index (χ3n) is 3.09. The molecule has 1 atom stereocenters. The van der Waals surface area contributed by atoms with Crippen molar-refractivity contribution in [2.24, 2.45) is 0 Å². The Morgan fingerprint density at radius 1 is 1.58 bits per heavy atom. The SMILES string of the molecule is O=c1c(Br)c(NCC2CCCCS2)cnn1CCO. The van der Waals surface area contributed by atoms with Crippen molar-refractivity contribution in [1.82, 2.24) is 9.78 Å². The van der Waals surface area contributed by atoms with E-state index < -0.39 is 0 Å². The minimum Gasteiger partial charge on any atom is -0.394 e. The summed E-state index contributed by atoms with van der Waals surface area (Å²) in [4.78, 5) is 11.9. The highest BCUT2D eigenvalue weighted by Crippen LogP contribution is 2.26. The van der Waals surface area contributed by atoms with Crippen molar-refractivity contribution in [2.75, 3.05) is 24.2 Å². The number of anilines is 1. The Bertz CT molecular complexity index is 475. The molecule has 2 heterocycles. The number of halogens is 1. The lowest BCUT2D eigenvalue weighted by molar-refractivity contribution is 0.266. The molecule has 5 nitrogen and oxygen atoms in total. The van der Waals surface area contributed by atoms with Gasteiger partial charge in [-0.15, -0.1) is 0 Å². The second kappa shape index (κ2) is 7.31. The van der Waals surface area contributed by atoms with Crippen molar-refractivity contribution in [3.05, 3.63) is 21.0 Å². The maximum Gasteiger partial charge on any atom is 0.283 e. The highest BCUT2D eigenvalue weighted by Gasteiger charge is 2.15. The van der Waals surface area contributed by atoms with Crippen LogP contribution in [0.2, 0.25) is 0 Å². The molecular weight excluding hydrogens is 330 g/mol. The van der Waals surface area contributed by atoms with Crippen LogP contribution in [0, 0.1) is 0 Å². The van der Waals surface area contributed by atoms with Gasteiger partial charge >= 0.3 is 0 Å². The van der Waals surface area contributed by atoms with Crippen LogP contribution in [0.3, 0.4) is 0 Å². The first-order chi connectivity index (χ1) is 9.22. The van der Waals surface area contributed by atoms with E-state index in [1.165, 1.54) is 29.7 Å². The molecule has 0 saturated carbocycles. The zero-order valence-electron chi connectivity index (χ0n) is 10.6. The second-order valence-electron chi connectivity index (χ2n) is 4.49. The first-order valence-electron chi connectivity index (χ1n) is 6.44. The number of nitrogens with zero attached hydrogens (tertiary/aromatic N) is 2. The van der Waals surface area contributed by atoms with Crippen LogP contribution in [0.4, 0.5) is 5.69 Å². The number of thioether (sulfide) groups is 1. The summed E-state index contributed by atoms with van der Waals surface area (Å²) in [5, 5.41) is 16.8. The molecule has 7 heteroatoms. The summed E-state index contributed by atoms with van der Waals surface area (Å²) in [7, 11) is 0. The van der Waals surface area contributed by atoms with Gasteiger partial charge in [0, 0.05) is 11.8 Å². The van der Waals surface area contributed by atoms with Crippen LogP contribution in [0.15, 0.2) is 15.5 Å². The Labute approximate surface area is 124 Å². The largest absolute Gasteiger partial charge is 0.394 e. The van der Waals surface area contributed by atoms with Crippen LogP contribution >= 0.6 is 27.7 Å². The van der Waals surface area contributed by atoms with Crippen LogP contribution in [0.25, 0.3) is 0 Å². The molecular formula is C12H18BrN3O2S. The van der Waals surface area contributed by atoms with Gasteiger partial charge in [-0.2, -0.15) is 16.9 Å². The van der Waals surface area contributed by atoms with Crippen molar-refractivity contribution in [2.45, 2.75) is 31.1 Å². The number of nitrogens with one attached hydrogen (secondary N) is 1. The summed E-state index contributed by atoms with van der Waals surface area (Å²) in [6.07, 6.45) is 5.46. The van der Waals surface area contributed by atoms with Crippen LogP contribution < -0.4 is 10.9 Å². The van der Waals surface area contributed by atoms with Crippen molar-refractivity contribution >= 4 is 33.4 Å². The number of aliphatic hydroxyl groups excluding tert-OH is 1. The van der Waals surface area contributed by atoms with Gasteiger partial charge in [0.15, 0.2) is 0 Å². The molecule has 0 bridgehead atoms. The molecule has 1 fully saturated rings. The molecule has 0 aliphatic carbocycles. The zero-order valence-corrected chi connectivity index (χ0v) is 13.0. The monoisotopic (exact) mass is 347 g/mol. The smallest absolute Gasteiger partial charge is 0.283 e. The standard InChI is InChI=1S/C12H18BrN3O2S/c13-11-10(8-15-16(4-5-17)12(11)18)14-7-9-3-1-2-6-19-9/h8-9,14,17H,1-7H2. The van der Waals surface area contributed by atoms with Crippen LogP contribution in [-0.2, 0) is 6.54 Å². The normalized spacial score (nSPS) is 19.4. The van der Waals surface area contributed by atoms with Gasteiger partial charge in [-0.05, 0) is 34.5 Å². The van der Waals surface area contributed by atoms with E-state index >= 15 is 0 Å². The predicted octanol–water partition coefficient (Wildman–Crippen LogP) is 1.70. The van der Waals surface area contributed by atoms with Gasteiger partial charge < -0.3 is 10.4 Å². The molecule has 1 aromatic heterocycles. The lowest BCUT2D eigenvalue weighted by Crippen LogP contribution is -2.27. The summed E-state index contributed by atoms with van der Waals surface area (Å²) in [6, 6.07) is 0. The number of hydrogen-bond acceptors (Lipinski definition) is 5. The maximum atomic E-state index is 11.9. The third-order valence-corrected chi connectivity index (χ3v) is 5.26. The molecule has 106 valence electrons. The number of hydrogen-bond donors (Lipinski definition) is 2. The fraction of sp³-hybridized carbons (Fsp3) is 0.667. The Balaban J connectivity index is 2.00. The van der Waals surface area contributed by atoms with E-state index in [2.05, 4.69) is 26.3 Å². The van der Waals surface area contributed by atoms with E-state index in [-0.39, 0.29) is 18.7 Å². The molecule has 1 aliphatic rings. The van der Waals surface area contributed by atoms with E-state index in [0.717, 1.165) is 12.2 Å². The fourth-order valence-corrected chi connectivity index (χ4v) is 3.72. The number of rotatable bonds is 5. The van der Waals surface area contributed by atoms with E-state index in [9.17, 15) is 4.79 Å². The Hall–Kier alpha value is -0.530. The van der Waals surface area contributed by atoms with Crippen LogP contribution in [0.5, 0.6) is 0 Å². The Kier molecular flexibility index (Phi) is 5.72. The topological polar surface area (TPSA) is 67.2 Å². The van der Waals surface area contributed by atoms with Crippen molar-refractivity contribution in [3.63, 3.8) is 0 Å². The molecule has 0 aromatic carbocycles. The molecule has 0 spiro atoms.